The summed E-state index contributed by atoms with van der Waals surface area (Å²) in [6, 6.07) is 0.482. The number of carbonyl (C=O) groups excluding carboxylic acids is 1. The molecule has 2 fully saturated rings. The summed E-state index contributed by atoms with van der Waals surface area (Å²) >= 11 is 0. The zero-order chi connectivity index (χ0) is 13.1. The predicted octanol–water partition coefficient (Wildman–Crippen LogP) is 3.46. The maximum atomic E-state index is 12.5. The Bertz CT molecular complexity index is 339. The fraction of sp³-hybridized carbons (Fsp3) is 0.933. The van der Waals surface area contributed by atoms with E-state index >= 15 is 0 Å². The van der Waals surface area contributed by atoms with Crippen LogP contribution < -0.4 is 0 Å². The van der Waals surface area contributed by atoms with Gasteiger partial charge in [-0.15, -0.1) is 0 Å². The van der Waals surface area contributed by atoms with Crippen molar-refractivity contribution >= 4 is 5.91 Å². The highest BCUT2D eigenvalue weighted by Crippen LogP contribution is 2.53. The van der Waals surface area contributed by atoms with E-state index in [0.717, 1.165) is 6.54 Å². The molecule has 1 aliphatic carbocycles. The first-order chi connectivity index (χ1) is 7.53. The summed E-state index contributed by atoms with van der Waals surface area (Å²) in [5.41, 5.74) is 0.510. The molecule has 2 atom stereocenters. The topological polar surface area (TPSA) is 20.3 Å². The van der Waals surface area contributed by atoms with E-state index in [-0.39, 0.29) is 5.41 Å². The van der Waals surface area contributed by atoms with Crippen molar-refractivity contribution in [2.24, 2.45) is 16.2 Å². The Labute approximate surface area is 106 Å². The van der Waals surface area contributed by atoms with Crippen LogP contribution >= 0.6 is 0 Å². The summed E-state index contributed by atoms with van der Waals surface area (Å²) in [6.45, 7) is 14.1. The van der Waals surface area contributed by atoms with E-state index in [0.29, 0.717) is 22.8 Å². The zero-order valence-corrected chi connectivity index (χ0v) is 12.3. The van der Waals surface area contributed by atoms with Gasteiger partial charge in [-0.25, -0.2) is 0 Å². The van der Waals surface area contributed by atoms with Gasteiger partial charge >= 0.3 is 0 Å². The molecule has 0 spiro atoms. The van der Waals surface area contributed by atoms with Crippen molar-refractivity contribution in [1.82, 2.24) is 4.90 Å². The third-order valence-corrected chi connectivity index (χ3v) is 4.32. The number of nitrogens with zero attached hydrogens (tertiary/aromatic N) is 1. The van der Waals surface area contributed by atoms with E-state index in [4.69, 9.17) is 0 Å². The highest BCUT2D eigenvalue weighted by molar-refractivity contribution is 5.82. The Hall–Kier alpha value is -0.530. The molecule has 0 radical (unpaired) electrons. The Balaban J connectivity index is 2.22. The van der Waals surface area contributed by atoms with Crippen LogP contribution in [-0.4, -0.2) is 23.4 Å². The summed E-state index contributed by atoms with van der Waals surface area (Å²) < 4.78 is 0. The molecule has 98 valence electrons. The van der Waals surface area contributed by atoms with Crippen molar-refractivity contribution in [3.8, 4) is 0 Å². The van der Waals surface area contributed by atoms with Crippen molar-refractivity contribution in [2.45, 2.75) is 66.8 Å². The molecule has 1 saturated carbocycles. The second kappa shape index (κ2) is 3.49. The average Bonchev–Trinajstić information content (AvgIpc) is 2.31. The van der Waals surface area contributed by atoms with Gasteiger partial charge in [-0.3, -0.25) is 4.79 Å². The van der Waals surface area contributed by atoms with E-state index in [1.54, 1.807) is 0 Å². The summed E-state index contributed by atoms with van der Waals surface area (Å²) in [5.74, 6) is 0.337. The summed E-state index contributed by atoms with van der Waals surface area (Å²) in [5, 5.41) is 0. The first kappa shape index (κ1) is 12.9. The minimum atomic E-state index is -0.238. The molecular weight excluding hydrogens is 210 g/mol. The monoisotopic (exact) mass is 237 g/mol. The summed E-state index contributed by atoms with van der Waals surface area (Å²) in [7, 11) is 0. The molecule has 2 aliphatic rings. The number of amides is 1. The summed E-state index contributed by atoms with van der Waals surface area (Å²) in [4.78, 5) is 14.7. The van der Waals surface area contributed by atoms with Gasteiger partial charge in [0.25, 0.3) is 0 Å². The van der Waals surface area contributed by atoms with Crippen LogP contribution in [0.1, 0.15) is 60.8 Å². The molecule has 1 saturated heterocycles. The minimum absolute atomic E-state index is 0.238. The number of fused-ring (bicyclic) bond motifs is 2. The molecule has 1 heterocycles. The smallest absolute Gasteiger partial charge is 0.228 e. The average molecular weight is 237 g/mol. The lowest BCUT2D eigenvalue weighted by Crippen LogP contribution is -2.43. The Morgan fingerprint density at radius 1 is 1.18 bits per heavy atom. The fourth-order valence-corrected chi connectivity index (χ4v) is 4.13. The maximum absolute atomic E-state index is 12.5. The molecule has 2 rings (SSSR count). The molecule has 2 heteroatoms. The second-order valence-electron chi connectivity index (χ2n) is 8.40. The van der Waals surface area contributed by atoms with Crippen molar-refractivity contribution in [1.29, 1.82) is 0 Å². The Morgan fingerprint density at radius 3 is 2.29 bits per heavy atom. The van der Waals surface area contributed by atoms with Crippen molar-refractivity contribution in [3.63, 3.8) is 0 Å². The quantitative estimate of drug-likeness (QED) is 0.632. The molecule has 1 amide bonds. The van der Waals surface area contributed by atoms with Gasteiger partial charge in [-0.2, -0.15) is 0 Å². The van der Waals surface area contributed by atoms with Gasteiger partial charge < -0.3 is 4.90 Å². The molecule has 0 aromatic heterocycles. The first-order valence-electron chi connectivity index (χ1n) is 6.84. The molecule has 0 aromatic rings. The SMILES string of the molecule is CC1(C)C[C@@H]2C[C@@](C)(CN2C(=O)C(C)(C)C)C1. The highest BCUT2D eigenvalue weighted by Gasteiger charge is 2.52. The zero-order valence-electron chi connectivity index (χ0n) is 12.3. The van der Waals surface area contributed by atoms with Gasteiger partial charge in [0.2, 0.25) is 5.91 Å². The predicted molar refractivity (Wildman–Crippen MR) is 70.7 cm³/mol. The number of rotatable bonds is 0. The Morgan fingerprint density at radius 2 is 1.76 bits per heavy atom. The van der Waals surface area contributed by atoms with E-state index in [2.05, 4.69) is 25.7 Å². The molecule has 0 unspecified atom stereocenters. The minimum Gasteiger partial charge on any atom is -0.339 e. The second-order valence-corrected chi connectivity index (χ2v) is 8.40. The van der Waals surface area contributed by atoms with Crippen LogP contribution in [0.15, 0.2) is 0 Å². The lowest BCUT2D eigenvalue weighted by atomic mass is 9.65. The van der Waals surface area contributed by atoms with Crippen molar-refractivity contribution in [2.75, 3.05) is 6.54 Å². The van der Waals surface area contributed by atoms with Gasteiger partial charge in [0.15, 0.2) is 0 Å². The fourth-order valence-electron chi connectivity index (χ4n) is 4.13. The molecule has 17 heavy (non-hydrogen) atoms. The first-order valence-corrected chi connectivity index (χ1v) is 6.84. The van der Waals surface area contributed by atoms with Gasteiger partial charge in [-0.1, -0.05) is 41.5 Å². The number of hydrogen-bond donors (Lipinski definition) is 0. The van der Waals surface area contributed by atoms with Crippen molar-refractivity contribution < 1.29 is 4.79 Å². The number of likely N-dealkylation sites (tertiary alicyclic amines) is 1. The molecule has 0 aromatic carbocycles. The van der Waals surface area contributed by atoms with Crippen molar-refractivity contribution in [3.05, 3.63) is 0 Å². The molecule has 2 nitrogen and oxygen atoms in total. The number of hydrogen-bond acceptors (Lipinski definition) is 1. The van der Waals surface area contributed by atoms with E-state index in [1.807, 2.05) is 20.8 Å². The van der Waals surface area contributed by atoms with E-state index in [9.17, 15) is 4.79 Å². The van der Waals surface area contributed by atoms with Crippen LogP contribution in [0, 0.1) is 16.2 Å². The number of carbonyl (C=O) groups is 1. The van der Waals surface area contributed by atoms with Gasteiger partial charge in [-0.05, 0) is 30.1 Å². The molecule has 0 N–H and O–H groups in total. The van der Waals surface area contributed by atoms with Gasteiger partial charge in [0.1, 0.15) is 0 Å². The van der Waals surface area contributed by atoms with Crippen LogP contribution in [-0.2, 0) is 4.79 Å². The largest absolute Gasteiger partial charge is 0.339 e. The standard InChI is InChI=1S/C15H27NO/c1-13(2,3)12(17)16-10-15(6)8-11(16)7-14(4,5)9-15/h11H,7-10H2,1-6H3/t11-,15-/m1/s1. The highest BCUT2D eigenvalue weighted by atomic mass is 16.2. The third kappa shape index (κ3) is 2.36. The van der Waals surface area contributed by atoms with Crippen LogP contribution in [0.2, 0.25) is 0 Å². The maximum Gasteiger partial charge on any atom is 0.228 e. The molecule has 2 bridgehead atoms. The molecular formula is C15H27NO. The van der Waals surface area contributed by atoms with E-state index in [1.165, 1.54) is 19.3 Å². The normalized spacial score (nSPS) is 36.1. The lowest BCUT2D eigenvalue weighted by molar-refractivity contribution is -0.140. The van der Waals surface area contributed by atoms with Crippen LogP contribution in [0.3, 0.4) is 0 Å². The van der Waals surface area contributed by atoms with Crippen LogP contribution in [0.4, 0.5) is 0 Å². The third-order valence-electron chi connectivity index (χ3n) is 4.32. The van der Waals surface area contributed by atoms with Crippen LogP contribution in [0.25, 0.3) is 0 Å². The van der Waals surface area contributed by atoms with E-state index < -0.39 is 0 Å². The lowest BCUT2D eigenvalue weighted by Gasteiger charge is -2.39. The van der Waals surface area contributed by atoms with Gasteiger partial charge in [0.05, 0.1) is 0 Å². The summed E-state index contributed by atoms with van der Waals surface area (Å²) in [6.07, 6.45) is 3.63. The molecule has 1 aliphatic heterocycles. The van der Waals surface area contributed by atoms with Crippen LogP contribution in [0.5, 0.6) is 0 Å². The van der Waals surface area contributed by atoms with Gasteiger partial charge in [0, 0.05) is 18.0 Å². The Kier molecular flexibility index (Phi) is 2.65.